The Labute approximate surface area is 194 Å². The fourth-order valence-electron chi connectivity index (χ4n) is 4.23. The molecule has 32 heavy (non-hydrogen) atoms. The number of pyridine rings is 2. The first-order valence-electron chi connectivity index (χ1n) is 11.0. The lowest BCUT2D eigenvalue weighted by atomic mass is 9.97. The van der Waals surface area contributed by atoms with Crippen molar-refractivity contribution in [2.45, 2.75) is 43.5 Å². The van der Waals surface area contributed by atoms with Crippen LogP contribution < -0.4 is 10.2 Å². The van der Waals surface area contributed by atoms with Gasteiger partial charge in [-0.05, 0) is 55.9 Å². The number of hydrogen-bond donors (Lipinski definition) is 1. The molecule has 4 heterocycles. The maximum absolute atomic E-state index is 12.8. The second kappa shape index (κ2) is 10.1. The van der Waals surface area contributed by atoms with Gasteiger partial charge in [0.15, 0.2) is 0 Å². The average molecular weight is 478 g/mol. The van der Waals surface area contributed by atoms with Crippen LogP contribution in [0.2, 0.25) is 5.15 Å². The number of piperidine rings is 2. The van der Waals surface area contributed by atoms with Gasteiger partial charge in [-0.25, -0.2) is 18.4 Å². The van der Waals surface area contributed by atoms with E-state index in [0.29, 0.717) is 19.4 Å². The van der Waals surface area contributed by atoms with Crippen LogP contribution >= 0.6 is 11.6 Å². The number of carbonyl (C=O) groups excluding carboxylic acids is 1. The van der Waals surface area contributed by atoms with E-state index >= 15 is 0 Å². The lowest BCUT2D eigenvalue weighted by molar-refractivity contribution is -0.126. The van der Waals surface area contributed by atoms with Crippen LogP contribution in [0.4, 0.5) is 5.82 Å². The molecule has 1 N–H and O–H groups in total. The number of halogens is 1. The summed E-state index contributed by atoms with van der Waals surface area (Å²) in [4.78, 5) is 23.3. The number of anilines is 1. The van der Waals surface area contributed by atoms with E-state index in [0.717, 1.165) is 24.5 Å². The molecule has 0 radical (unpaired) electrons. The number of amides is 1. The lowest BCUT2D eigenvalue weighted by Crippen LogP contribution is -2.43. The van der Waals surface area contributed by atoms with Crippen LogP contribution in [0.15, 0.2) is 41.6 Å². The zero-order valence-electron chi connectivity index (χ0n) is 17.9. The average Bonchev–Trinajstić information content (AvgIpc) is 2.83. The number of nitrogens with zero attached hydrogens (tertiary/aromatic N) is 4. The molecule has 2 saturated heterocycles. The molecule has 0 spiro atoms. The summed E-state index contributed by atoms with van der Waals surface area (Å²) in [7, 11) is -3.72. The summed E-state index contributed by atoms with van der Waals surface area (Å²) in [6.07, 6.45) is 7.89. The van der Waals surface area contributed by atoms with Crippen LogP contribution in [-0.4, -0.2) is 54.8 Å². The highest BCUT2D eigenvalue weighted by Crippen LogP contribution is 2.27. The number of aromatic nitrogens is 2. The van der Waals surface area contributed by atoms with Gasteiger partial charge >= 0.3 is 0 Å². The third-order valence-corrected chi connectivity index (χ3v) is 8.47. The zero-order chi connectivity index (χ0) is 22.6. The third-order valence-electron chi connectivity index (χ3n) is 6.12. The highest BCUT2D eigenvalue weighted by Gasteiger charge is 2.33. The summed E-state index contributed by atoms with van der Waals surface area (Å²) in [5, 5.41) is 2.94. The first kappa shape index (κ1) is 22.9. The standard InChI is InChI=1S/C22H28ClN5O3S/c23-21-19(5-4-10-24-21)32(30,31)28-13-8-18(9-14-28)22(29)26-16-17-6-7-20(25-15-17)27-11-2-1-3-12-27/h4-7,10,15,18H,1-3,8-9,11-14,16H2,(H,26,29). The Morgan fingerprint density at radius 2 is 1.81 bits per heavy atom. The Morgan fingerprint density at radius 3 is 2.47 bits per heavy atom. The van der Waals surface area contributed by atoms with Crippen molar-refractivity contribution in [2.24, 2.45) is 5.92 Å². The Hall–Kier alpha value is -2.23. The maximum Gasteiger partial charge on any atom is 0.246 e. The molecule has 0 aromatic carbocycles. The van der Waals surface area contributed by atoms with Crippen molar-refractivity contribution < 1.29 is 13.2 Å². The monoisotopic (exact) mass is 477 g/mol. The van der Waals surface area contributed by atoms with E-state index in [9.17, 15) is 13.2 Å². The summed E-state index contributed by atoms with van der Waals surface area (Å²) in [5.74, 6) is 0.718. The SMILES string of the molecule is O=C(NCc1ccc(N2CCCCC2)nc1)C1CCN(S(=O)(=O)c2cccnc2Cl)CC1. The van der Waals surface area contributed by atoms with Crippen LogP contribution in [0.5, 0.6) is 0 Å². The molecule has 10 heteroatoms. The Kier molecular flexibility index (Phi) is 7.27. The largest absolute Gasteiger partial charge is 0.357 e. The first-order chi connectivity index (χ1) is 15.4. The fraction of sp³-hybridized carbons (Fsp3) is 0.500. The van der Waals surface area contributed by atoms with Crippen LogP contribution in [-0.2, 0) is 21.4 Å². The van der Waals surface area contributed by atoms with Crippen LogP contribution in [0, 0.1) is 5.92 Å². The molecule has 172 valence electrons. The number of hydrogen-bond acceptors (Lipinski definition) is 6. The Balaban J connectivity index is 1.27. The van der Waals surface area contributed by atoms with Crippen molar-refractivity contribution in [3.05, 3.63) is 47.4 Å². The first-order valence-corrected chi connectivity index (χ1v) is 12.9. The molecule has 2 aromatic heterocycles. The van der Waals surface area contributed by atoms with Gasteiger partial charge in [-0.3, -0.25) is 4.79 Å². The molecule has 2 aliphatic rings. The van der Waals surface area contributed by atoms with E-state index < -0.39 is 10.0 Å². The third kappa shape index (κ3) is 5.22. The van der Waals surface area contributed by atoms with Crippen LogP contribution in [0.25, 0.3) is 0 Å². The quantitative estimate of drug-likeness (QED) is 0.643. The molecule has 4 rings (SSSR count). The summed E-state index contributed by atoms with van der Waals surface area (Å²) in [6, 6.07) is 7.02. The summed E-state index contributed by atoms with van der Waals surface area (Å²) < 4.78 is 27.0. The topological polar surface area (TPSA) is 95.5 Å². The van der Waals surface area contributed by atoms with Crippen LogP contribution in [0.3, 0.4) is 0 Å². The zero-order valence-corrected chi connectivity index (χ0v) is 19.5. The Bertz CT molecular complexity index is 1030. The molecule has 8 nitrogen and oxygen atoms in total. The number of sulfonamides is 1. The van der Waals surface area contributed by atoms with Crippen molar-refractivity contribution in [1.82, 2.24) is 19.6 Å². The van der Waals surface area contributed by atoms with E-state index in [1.165, 1.54) is 35.8 Å². The van der Waals surface area contributed by atoms with Gasteiger partial charge in [-0.1, -0.05) is 17.7 Å². The molecule has 0 unspecified atom stereocenters. The number of rotatable bonds is 6. The van der Waals surface area contributed by atoms with E-state index in [1.54, 1.807) is 6.07 Å². The highest BCUT2D eigenvalue weighted by molar-refractivity contribution is 7.89. The lowest BCUT2D eigenvalue weighted by Gasteiger charge is -2.30. The van der Waals surface area contributed by atoms with Gasteiger partial charge in [0.2, 0.25) is 15.9 Å². The molecule has 2 aliphatic heterocycles. The molecule has 0 saturated carbocycles. The minimum atomic E-state index is -3.72. The minimum absolute atomic E-state index is 0.00469. The fourth-order valence-corrected chi connectivity index (χ4v) is 6.12. The molecule has 0 bridgehead atoms. The van der Waals surface area contributed by atoms with E-state index in [4.69, 9.17) is 11.6 Å². The van der Waals surface area contributed by atoms with Gasteiger partial charge in [0.25, 0.3) is 0 Å². The Morgan fingerprint density at radius 1 is 1.06 bits per heavy atom. The predicted molar refractivity (Wildman–Crippen MR) is 123 cm³/mol. The smallest absolute Gasteiger partial charge is 0.246 e. The predicted octanol–water partition coefficient (Wildman–Crippen LogP) is 2.84. The highest BCUT2D eigenvalue weighted by atomic mass is 35.5. The molecular weight excluding hydrogens is 450 g/mol. The molecule has 0 atom stereocenters. The summed E-state index contributed by atoms with van der Waals surface area (Å²) in [6.45, 7) is 3.06. The van der Waals surface area contributed by atoms with Gasteiger partial charge < -0.3 is 10.2 Å². The van der Waals surface area contributed by atoms with E-state index in [1.807, 2.05) is 18.3 Å². The molecule has 2 fully saturated rings. The molecule has 2 aromatic rings. The second-order valence-electron chi connectivity index (χ2n) is 8.26. The van der Waals surface area contributed by atoms with Crippen molar-refractivity contribution in [2.75, 3.05) is 31.1 Å². The van der Waals surface area contributed by atoms with Crippen molar-refractivity contribution in [1.29, 1.82) is 0 Å². The summed E-state index contributed by atoms with van der Waals surface area (Å²) in [5.41, 5.74) is 0.949. The van der Waals surface area contributed by atoms with Crippen molar-refractivity contribution in [3.8, 4) is 0 Å². The van der Waals surface area contributed by atoms with Gasteiger partial charge in [0.05, 0.1) is 0 Å². The normalized spacial score (nSPS) is 18.5. The van der Waals surface area contributed by atoms with Crippen LogP contribution in [0.1, 0.15) is 37.7 Å². The van der Waals surface area contributed by atoms with Gasteiger partial charge in [0.1, 0.15) is 15.9 Å². The minimum Gasteiger partial charge on any atom is -0.357 e. The van der Waals surface area contributed by atoms with Crippen molar-refractivity contribution >= 4 is 33.3 Å². The number of carbonyl (C=O) groups is 1. The second-order valence-corrected chi connectivity index (χ2v) is 10.5. The maximum atomic E-state index is 12.8. The molecular formula is C22H28ClN5O3S. The summed E-state index contributed by atoms with van der Waals surface area (Å²) >= 11 is 5.97. The molecule has 1 amide bonds. The van der Waals surface area contributed by atoms with Crippen molar-refractivity contribution in [3.63, 3.8) is 0 Å². The van der Waals surface area contributed by atoms with E-state index in [2.05, 4.69) is 20.2 Å². The number of nitrogens with one attached hydrogen (secondary N) is 1. The van der Waals surface area contributed by atoms with E-state index in [-0.39, 0.29) is 35.0 Å². The molecule has 0 aliphatic carbocycles. The van der Waals surface area contributed by atoms with Gasteiger partial charge in [0, 0.05) is 51.0 Å². The van der Waals surface area contributed by atoms with Gasteiger partial charge in [-0.2, -0.15) is 4.31 Å². The van der Waals surface area contributed by atoms with Gasteiger partial charge in [-0.15, -0.1) is 0 Å².